The van der Waals surface area contributed by atoms with Gasteiger partial charge in [-0.15, -0.1) is 0 Å². The van der Waals surface area contributed by atoms with Crippen LogP contribution in [0.5, 0.6) is 0 Å². The van der Waals surface area contributed by atoms with E-state index in [1.165, 1.54) is 24.8 Å². The standard InChI is InChI=1S/C23H27N3OS/c1-18-12-13-20(16-24-18)15-21-17-25-23(26-22(21)27)28-14-8-3-2-5-9-19-10-6-4-7-11-19/h4,6-7,10-13,16-17H,2-3,5,8-9,14-15H2,1H3,(H,25,26,27). The van der Waals surface area contributed by atoms with Crippen LogP contribution in [0.3, 0.4) is 0 Å². The first-order valence-electron chi connectivity index (χ1n) is 9.87. The second kappa shape index (κ2) is 10.8. The van der Waals surface area contributed by atoms with Gasteiger partial charge in [0.25, 0.3) is 5.56 Å². The second-order valence-electron chi connectivity index (χ2n) is 7.03. The topological polar surface area (TPSA) is 58.6 Å². The molecule has 0 aliphatic carbocycles. The van der Waals surface area contributed by atoms with E-state index in [4.69, 9.17) is 0 Å². The monoisotopic (exact) mass is 393 g/mol. The third kappa shape index (κ3) is 6.64. The molecule has 5 heteroatoms. The van der Waals surface area contributed by atoms with Crippen LogP contribution >= 0.6 is 11.8 Å². The lowest BCUT2D eigenvalue weighted by Crippen LogP contribution is -2.14. The van der Waals surface area contributed by atoms with Gasteiger partial charge in [0.05, 0.1) is 0 Å². The van der Waals surface area contributed by atoms with E-state index >= 15 is 0 Å². The maximum absolute atomic E-state index is 12.3. The normalized spacial score (nSPS) is 10.9. The number of aryl methyl sites for hydroxylation is 2. The van der Waals surface area contributed by atoms with Crippen molar-refractivity contribution >= 4 is 11.8 Å². The minimum absolute atomic E-state index is 0.0547. The molecule has 0 saturated carbocycles. The Morgan fingerprint density at radius 1 is 0.893 bits per heavy atom. The van der Waals surface area contributed by atoms with Crippen molar-refractivity contribution in [2.75, 3.05) is 5.75 Å². The molecule has 3 aromatic rings. The smallest absolute Gasteiger partial charge is 0.255 e. The Bertz CT molecular complexity index is 907. The molecule has 0 saturated heterocycles. The predicted octanol–water partition coefficient (Wildman–Crippen LogP) is 4.96. The summed E-state index contributed by atoms with van der Waals surface area (Å²) in [4.78, 5) is 23.9. The SMILES string of the molecule is Cc1ccc(Cc2cnc(SCCCCCCc3ccccc3)[nH]c2=O)cn1. The molecule has 0 radical (unpaired) electrons. The summed E-state index contributed by atoms with van der Waals surface area (Å²) in [6.07, 6.45) is 10.0. The number of nitrogens with one attached hydrogen (secondary N) is 1. The van der Waals surface area contributed by atoms with Crippen LogP contribution in [0, 0.1) is 6.92 Å². The van der Waals surface area contributed by atoms with Crippen molar-refractivity contribution in [2.24, 2.45) is 0 Å². The zero-order chi connectivity index (χ0) is 19.6. The van der Waals surface area contributed by atoms with Gasteiger partial charge in [-0.05, 0) is 43.4 Å². The summed E-state index contributed by atoms with van der Waals surface area (Å²) < 4.78 is 0. The van der Waals surface area contributed by atoms with Crippen LogP contribution in [0.2, 0.25) is 0 Å². The average molecular weight is 394 g/mol. The molecule has 1 N–H and O–H groups in total. The molecule has 0 fully saturated rings. The van der Waals surface area contributed by atoms with Gasteiger partial charge in [0.1, 0.15) is 0 Å². The van der Waals surface area contributed by atoms with E-state index in [9.17, 15) is 4.79 Å². The highest BCUT2D eigenvalue weighted by molar-refractivity contribution is 7.99. The van der Waals surface area contributed by atoms with Crippen LogP contribution < -0.4 is 5.56 Å². The number of nitrogens with zero attached hydrogens (tertiary/aromatic N) is 2. The molecule has 0 spiro atoms. The van der Waals surface area contributed by atoms with Crippen LogP contribution in [-0.4, -0.2) is 20.7 Å². The largest absolute Gasteiger partial charge is 0.301 e. The number of hydrogen-bond acceptors (Lipinski definition) is 4. The third-order valence-electron chi connectivity index (χ3n) is 4.66. The number of aromatic amines is 1. The van der Waals surface area contributed by atoms with Crippen molar-refractivity contribution in [3.05, 3.63) is 87.6 Å². The Morgan fingerprint density at radius 2 is 1.71 bits per heavy atom. The molecule has 0 unspecified atom stereocenters. The van der Waals surface area contributed by atoms with Crippen molar-refractivity contribution in [1.29, 1.82) is 0 Å². The van der Waals surface area contributed by atoms with E-state index in [1.54, 1.807) is 18.0 Å². The number of thioether (sulfide) groups is 1. The molecule has 3 rings (SSSR count). The van der Waals surface area contributed by atoms with Crippen LogP contribution in [0.25, 0.3) is 0 Å². The molecule has 2 aromatic heterocycles. The minimum atomic E-state index is -0.0547. The highest BCUT2D eigenvalue weighted by Crippen LogP contribution is 2.15. The van der Waals surface area contributed by atoms with Gasteiger partial charge in [0.2, 0.25) is 0 Å². The summed E-state index contributed by atoms with van der Waals surface area (Å²) in [6, 6.07) is 14.6. The molecular formula is C23H27N3OS. The highest BCUT2D eigenvalue weighted by Gasteiger charge is 2.05. The average Bonchev–Trinajstić information content (AvgIpc) is 2.71. The van der Waals surface area contributed by atoms with Crippen LogP contribution in [0.4, 0.5) is 0 Å². The van der Waals surface area contributed by atoms with Crippen LogP contribution in [-0.2, 0) is 12.8 Å². The van der Waals surface area contributed by atoms with E-state index in [0.717, 1.165) is 29.9 Å². The molecule has 0 bridgehead atoms. The quantitative estimate of drug-likeness (QED) is 0.300. The first kappa shape index (κ1) is 20.3. The van der Waals surface area contributed by atoms with Crippen molar-refractivity contribution in [2.45, 2.75) is 50.6 Å². The Morgan fingerprint density at radius 3 is 2.46 bits per heavy atom. The number of hydrogen-bond donors (Lipinski definition) is 1. The molecular weight excluding hydrogens is 366 g/mol. The minimum Gasteiger partial charge on any atom is -0.301 e. The highest BCUT2D eigenvalue weighted by atomic mass is 32.2. The van der Waals surface area contributed by atoms with Gasteiger partial charge in [-0.3, -0.25) is 9.78 Å². The molecule has 4 nitrogen and oxygen atoms in total. The molecule has 1 aromatic carbocycles. The second-order valence-corrected chi connectivity index (χ2v) is 8.11. The van der Waals surface area contributed by atoms with Gasteiger partial charge < -0.3 is 4.98 Å². The van der Waals surface area contributed by atoms with Crippen molar-refractivity contribution in [3.63, 3.8) is 0 Å². The van der Waals surface area contributed by atoms with E-state index in [-0.39, 0.29) is 5.56 Å². The Labute approximate surface area is 170 Å². The number of rotatable bonds is 10. The predicted molar refractivity (Wildman–Crippen MR) is 116 cm³/mol. The lowest BCUT2D eigenvalue weighted by atomic mass is 10.1. The molecule has 0 atom stereocenters. The first-order chi connectivity index (χ1) is 13.7. The zero-order valence-corrected chi connectivity index (χ0v) is 17.2. The number of benzene rings is 1. The Hall–Kier alpha value is -2.40. The van der Waals surface area contributed by atoms with Gasteiger partial charge >= 0.3 is 0 Å². The van der Waals surface area contributed by atoms with E-state index in [1.807, 2.05) is 25.3 Å². The summed E-state index contributed by atoms with van der Waals surface area (Å²) in [5.74, 6) is 0.982. The number of H-pyrrole nitrogens is 1. The molecule has 0 aliphatic heterocycles. The van der Waals surface area contributed by atoms with E-state index in [0.29, 0.717) is 17.1 Å². The summed E-state index contributed by atoms with van der Waals surface area (Å²) in [7, 11) is 0. The van der Waals surface area contributed by atoms with E-state index in [2.05, 4.69) is 45.3 Å². The van der Waals surface area contributed by atoms with Crippen molar-refractivity contribution in [3.8, 4) is 0 Å². The summed E-state index contributed by atoms with van der Waals surface area (Å²) >= 11 is 1.63. The fourth-order valence-corrected chi connectivity index (χ4v) is 3.86. The maximum atomic E-state index is 12.3. The van der Waals surface area contributed by atoms with Crippen LogP contribution in [0.15, 0.2) is 64.8 Å². The van der Waals surface area contributed by atoms with Gasteiger partial charge in [0.15, 0.2) is 5.16 Å². The summed E-state index contributed by atoms with van der Waals surface area (Å²) in [5, 5.41) is 0.708. The van der Waals surface area contributed by atoms with Gasteiger partial charge in [-0.25, -0.2) is 4.98 Å². The number of pyridine rings is 1. The van der Waals surface area contributed by atoms with Crippen LogP contribution in [0.1, 0.15) is 48.1 Å². The zero-order valence-electron chi connectivity index (χ0n) is 16.4. The Kier molecular flexibility index (Phi) is 7.85. The third-order valence-corrected chi connectivity index (χ3v) is 5.63. The van der Waals surface area contributed by atoms with Gasteiger partial charge in [0, 0.05) is 35.8 Å². The molecule has 146 valence electrons. The molecule has 2 heterocycles. The molecule has 28 heavy (non-hydrogen) atoms. The lowest BCUT2D eigenvalue weighted by Gasteiger charge is -2.04. The Balaban J connectivity index is 1.36. The fourth-order valence-electron chi connectivity index (χ4n) is 3.03. The van der Waals surface area contributed by atoms with Gasteiger partial charge in [-0.1, -0.05) is 61.0 Å². The van der Waals surface area contributed by atoms with Crippen molar-refractivity contribution in [1.82, 2.24) is 15.0 Å². The fraction of sp³-hybridized carbons (Fsp3) is 0.348. The first-order valence-corrected chi connectivity index (χ1v) is 10.9. The summed E-state index contributed by atoms with van der Waals surface area (Å²) in [5.41, 5.74) is 4.04. The maximum Gasteiger partial charge on any atom is 0.255 e. The number of aromatic nitrogens is 3. The molecule has 0 aliphatic rings. The van der Waals surface area contributed by atoms with E-state index < -0.39 is 0 Å². The lowest BCUT2D eigenvalue weighted by molar-refractivity contribution is 0.670. The van der Waals surface area contributed by atoms with Crippen molar-refractivity contribution < 1.29 is 0 Å². The summed E-state index contributed by atoms with van der Waals surface area (Å²) in [6.45, 7) is 1.95. The molecule has 0 amide bonds. The van der Waals surface area contributed by atoms with Gasteiger partial charge in [-0.2, -0.15) is 0 Å². The number of unbranched alkanes of at least 4 members (excludes halogenated alkanes) is 3.